The molecular weight excluding hydrogens is 502 g/mol. The van der Waals surface area contributed by atoms with Gasteiger partial charge in [0.15, 0.2) is 6.61 Å². The van der Waals surface area contributed by atoms with E-state index in [2.05, 4.69) is 5.32 Å². The Kier molecular flexibility index (Phi) is 8.25. The average Bonchev–Trinajstić information content (AvgIpc) is 2.91. The number of amides is 2. The van der Waals surface area contributed by atoms with Gasteiger partial charge in [0.05, 0.1) is 4.90 Å². The summed E-state index contributed by atoms with van der Waals surface area (Å²) in [6, 6.07) is 22.2. The van der Waals surface area contributed by atoms with Crippen LogP contribution in [-0.4, -0.2) is 62.2 Å². The van der Waals surface area contributed by atoms with Crippen LogP contribution in [0.25, 0.3) is 0 Å². The van der Waals surface area contributed by atoms with Crippen LogP contribution in [0.4, 0.5) is 0 Å². The second-order valence-corrected chi connectivity index (χ2v) is 10.6. The molecule has 0 saturated carbocycles. The van der Waals surface area contributed by atoms with Gasteiger partial charge >= 0.3 is 0 Å². The highest BCUT2D eigenvalue weighted by Crippen LogP contribution is 2.20. The number of hydrogen-bond donors (Lipinski definition) is 1. The maximum absolute atomic E-state index is 12.8. The molecule has 3 aromatic carbocycles. The Morgan fingerprint density at radius 1 is 0.861 bits per heavy atom. The number of nitrogens with zero attached hydrogens (tertiary/aromatic N) is 2. The third-order valence-corrected chi connectivity index (χ3v) is 7.98. The summed E-state index contributed by atoms with van der Waals surface area (Å²) in [7, 11) is -3.64. The van der Waals surface area contributed by atoms with E-state index in [0.29, 0.717) is 22.9 Å². The molecule has 4 rings (SSSR count). The zero-order valence-electron chi connectivity index (χ0n) is 19.5. The van der Waals surface area contributed by atoms with E-state index in [9.17, 15) is 18.0 Å². The van der Waals surface area contributed by atoms with Gasteiger partial charge in [-0.3, -0.25) is 9.59 Å². The molecule has 0 aromatic heterocycles. The molecular formula is C26H26ClN3O5S. The summed E-state index contributed by atoms with van der Waals surface area (Å²) < 4.78 is 32.6. The third kappa shape index (κ3) is 6.42. The standard InChI is InChI=1S/C26H26ClN3O5S/c27-22-8-12-24(13-9-22)36(33,34)30-16-14-29(15-17-30)25(31)19-35-23-10-6-21(7-11-23)26(32)28-18-20-4-2-1-3-5-20/h1-13H,14-19H2,(H,28,32). The molecule has 0 atom stereocenters. The lowest BCUT2D eigenvalue weighted by atomic mass is 10.2. The van der Waals surface area contributed by atoms with E-state index in [-0.39, 0.29) is 49.5 Å². The van der Waals surface area contributed by atoms with Crippen molar-refractivity contribution < 1.29 is 22.7 Å². The van der Waals surface area contributed by atoms with Crippen LogP contribution < -0.4 is 10.1 Å². The summed E-state index contributed by atoms with van der Waals surface area (Å²) >= 11 is 5.85. The first-order valence-corrected chi connectivity index (χ1v) is 13.2. The molecule has 0 unspecified atom stereocenters. The van der Waals surface area contributed by atoms with Gasteiger partial charge in [0.2, 0.25) is 10.0 Å². The van der Waals surface area contributed by atoms with Crippen molar-refractivity contribution in [1.29, 1.82) is 0 Å². The van der Waals surface area contributed by atoms with E-state index in [1.54, 1.807) is 29.2 Å². The Bertz CT molecular complexity index is 1290. The smallest absolute Gasteiger partial charge is 0.260 e. The van der Waals surface area contributed by atoms with Gasteiger partial charge in [-0.2, -0.15) is 4.31 Å². The van der Waals surface area contributed by atoms with Gasteiger partial charge in [-0.15, -0.1) is 0 Å². The van der Waals surface area contributed by atoms with E-state index in [1.807, 2.05) is 30.3 Å². The molecule has 188 valence electrons. The zero-order chi connectivity index (χ0) is 25.5. The number of carbonyl (C=O) groups excluding carboxylic acids is 2. The fourth-order valence-electron chi connectivity index (χ4n) is 3.75. The number of rotatable bonds is 8. The van der Waals surface area contributed by atoms with E-state index < -0.39 is 10.0 Å². The normalized spacial score (nSPS) is 14.3. The van der Waals surface area contributed by atoms with Gasteiger partial charge in [0.1, 0.15) is 5.75 Å². The number of benzene rings is 3. The lowest BCUT2D eigenvalue weighted by Gasteiger charge is -2.34. The molecule has 0 radical (unpaired) electrons. The number of nitrogens with one attached hydrogen (secondary N) is 1. The highest BCUT2D eigenvalue weighted by molar-refractivity contribution is 7.89. The topological polar surface area (TPSA) is 96.0 Å². The molecule has 1 aliphatic rings. The minimum atomic E-state index is -3.64. The fourth-order valence-corrected chi connectivity index (χ4v) is 5.30. The molecule has 0 spiro atoms. The number of hydrogen-bond acceptors (Lipinski definition) is 5. The molecule has 0 aliphatic carbocycles. The Morgan fingerprint density at radius 3 is 2.14 bits per heavy atom. The Morgan fingerprint density at radius 2 is 1.50 bits per heavy atom. The maximum Gasteiger partial charge on any atom is 0.260 e. The van der Waals surface area contributed by atoms with Crippen LogP contribution in [0, 0.1) is 0 Å². The summed E-state index contributed by atoms with van der Waals surface area (Å²) in [6.45, 7) is 1.20. The van der Waals surface area contributed by atoms with Gasteiger partial charge in [0.25, 0.3) is 11.8 Å². The van der Waals surface area contributed by atoms with Crippen molar-refractivity contribution in [2.75, 3.05) is 32.8 Å². The minimum absolute atomic E-state index is 0.173. The van der Waals surface area contributed by atoms with Crippen LogP contribution in [0.2, 0.25) is 5.02 Å². The van der Waals surface area contributed by atoms with E-state index >= 15 is 0 Å². The Labute approximate surface area is 215 Å². The van der Waals surface area contributed by atoms with Crippen LogP contribution in [0.1, 0.15) is 15.9 Å². The van der Waals surface area contributed by atoms with Crippen LogP contribution >= 0.6 is 11.6 Å². The molecule has 1 saturated heterocycles. The second kappa shape index (κ2) is 11.6. The Balaban J connectivity index is 1.23. The number of halogens is 1. The third-order valence-electron chi connectivity index (χ3n) is 5.82. The number of sulfonamides is 1. The zero-order valence-corrected chi connectivity index (χ0v) is 21.0. The Hall–Kier alpha value is -3.40. The SMILES string of the molecule is O=C(NCc1ccccc1)c1ccc(OCC(=O)N2CCN(S(=O)(=O)c3ccc(Cl)cc3)CC2)cc1. The lowest BCUT2D eigenvalue weighted by molar-refractivity contribution is -0.134. The van der Waals surface area contributed by atoms with Crippen LogP contribution in [0.15, 0.2) is 83.8 Å². The maximum atomic E-state index is 12.8. The van der Waals surface area contributed by atoms with Crippen molar-refractivity contribution in [3.63, 3.8) is 0 Å². The number of ether oxygens (including phenoxy) is 1. The van der Waals surface area contributed by atoms with Gasteiger partial charge < -0.3 is 15.0 Å². The first-order chi connectivity index (χ1) is 17.3. The summed E-state index contributed by atoms with van der Waals surface area (Å²) in [6.07, 6.45) is 0. The minimum Gasteiger partial charge on any atom is -0.484 e. The van der Waals surface area contributed by atoms with Crippen molar-refractivity contribution >= 4 is 33.4 Å². The second-order valence-electron chi connectivity index (χ2n) is 8.22. The number of carbonyl (C=O) groups is 2. The molecule has 3 aromatic rings. The summed E-state index contributed by atoms with van der Waals surface area (Å²) in [5.74, 6) is 0.0306. The highest BCUT2D eigenvalue weighted by atomic mass is 35.5. The molecule has 10 heteroatoms. The largest absolute Gasteiger partial charge is 0.484 e. The van der Waals surface area contributed by atoms with Crippen LogP contribution in [-0.2, 0) is 21.4 Å². The fraction of sp³-hybridized carbons (Fsp3) is 0.231. The first-order valence-electron chi connectivity index (χ1n) is 11.4. The first kappa shape index (κ1) is 25.7. The summed E-state index contributed by atoms with van der Waals surface area (Å²) in [5.41, 5.74) is 1.50. The van der Waals surface area contributed by atoms with Gasteiger partial charge in [-0.25, -0.2) is 8.42 Å². The monoisotopic (exact) mass is 527 g/mol. The predicted octanol–water partition coefficient (Wildman–Crippen LogP) is 3.18. The average molecular weight is 528 g/mol. The summed E-state index contributed by atoms with van der Waals surface area (Å²) in [5, 5.41) is 3.32. The van der Waals surface area contributed by atoms with Crippen molar-refractivity contribution in [2.45, 2.75) is 11.4 Å². The van der Waals surface area contributed by atoms with Gasteiger partial charge in [0, 0.05) is 43.3 Å². The molecule has 1 heterocycles. The molecule has 1 N–H and O–H groups in total. The molecule has 8 nitrogen and oxygen atoms in total. The van der Waals surface area contributed by atoms with E-state index in [1.165, 1.54) is 28.6 Å². The highest BCUT2D eigenvalue weighted by Gasteiger charge is 2.30. The van der Waals surface area contributed by atoms with Gasteiger partial charge in [-0.05, 0) is 54.1 Å². The predicted molar refractivity (Wildman–Crippen MR) is 136 cm³/mol. The van der Waals surface area contributed by atoms with Gasteiger partial charge in [-0.1, -0.05) is 41.9 Å². The number of piperazine rings is 1. The lowest BCUT2D eigenvalue weighted by Crippen LogP contribution is -2.51. The molecule has 1 fully saturated rings. The van der Waals surface area contributed by atoms with Crippen LogP contribution in [0.3, 0.4) is 0 Å². The van der Waals surface area contributed by atoms with Crippen molar-refractivity contribution in [3.05, 3.63) is 95.0 Å². The molecule has 36 heavy (non-hydrogen) atoms. The quantitative estimate of drug-likeness (QED) is 0.485. The molecule has 1 aliphatic heterocycles. The summed E-state index contributed by atoms with van der Waals surface area (Å²) in [4.78, 5) is 26.7. The van der Waals surface area contributed by atoms with Crippen molar-refractivity contribution in [2.24, 2.45) is 0 Å². The van der Waals surface area contributed by atoms with Crippen molar-refractivity contribution in [3.8, 4) is 5.75 Å². The van der Waals surface area contributed by atoms with E-state index in [4.69, 9.17) is 16.3 Å². The van der Waals surface area contributed by atoms with Crippen LogP contribution in [0.5, 0.6) is 5.75 Å². The van der Waals surface area contributed by atoms with E-state index in [0.717, 1.165) is 5.56 Å². The van der Waals surface area contributed by atoms with Crippen molar-refractivity contribution in [1.82, 2.24) is 14.5 Å². The molecule has 0 bridgehead atoms. The molecule has 2 amide bonds.